The first-order chi connectivity index (χ1) is 8.77. The fourth-order valence-electron chi connectivity index (χ4n) is 2.81. The van der Waals surface area contributed by atoms with Crippen molar-refractivity contribution in [3.05, 3.63) is 35.9 Å². The third kappa shape index (κ3) is 1.82. The quantitative estimate of drug-likeness (QED) is 0.785. The van der Waals surface area contributed by atoms with E-state index in [1.807, 2.05) is 30.3 Å². The first-order valence-electron chi connectivity index (χ1n) is 6.37. The minimum absolute atomic E-state index is 0.00549. The highest BCUT2D eigenvalue weighted by Crippen LogP contribution is 2.29. The maximum atomic E-state index is 12.1. The summed E-state index contributed by atoms with van der Waals surface area (Å²) in [4.78, 5) is 25.6. The van der Waals surface area contributed by atoms with Gasteiger partial charge in [0.2, 0.25) is 11.8 Å². The number of carbonyl (C=O) groups is 2. The van der Waals surface area contributed by atoms with Gasteiger partial charge in [-0.3, -0.25) is 14.5 Å². The van der Waals surface area contributed by atoms with Crippen molar-refractivity contribution in [1.82, 2.24) is 10.2 Å². The van der Waals surface area contributed by atoms with E-state index in [1.54, 1.807) is 0 Å². The molecule has 0 aromatic heterocycles. The van der Waals surface area contributed by atoms with Crippen LogP contribution in [0, 0.1) is 11.8 Å². The zero-order valence-electron chi connectivity index (χ0n) is 10.1. The van der Waals surface area contributed by atoms with E-state index in [1.165, 1.54) is 4.90 Å². The van der Waals surface area contributed by atoms with Crippen molar-refractivity contribution in [1.29, 1.82) is 0 Å². The topological polar surface area (TPSA) is 49.4 Å². The van der Waals surface area contributed by atoms with Gasteiger partial charge in [-0.1, -0.05) is 30.3 Å². The number of rotatable bonds is 3. The summed E-state index contributed by atoms with van der Waals surface area (Å²) < 4.78 is 0. The smallest absolute Gasteiger partial charge is 0.234 e. The number of likely N-dealkylation sites (tertiary alicyclic amines) is 1. The van der Waals surface area contributed by atoms with Crippen LogP contribution in [0.15, 0.2) is 30.3 Å². The van der Waals surface area contributed by atoms with Crippen LogP contribution in [0.3, 0.4) is 0 Å². The minimum Gasteiger partial charge on any atom is -0.315 e. The van der Waals surface area contributed by atoms with E-state index in [4.69, 9.17) is 0 Å². The molecule has 4 heteroatoms. The average molecular weight is 244 g/mol. The lowest BCUT2D eigenvalue weighted by Crippen LogP contribution is -2.36. The Bertz CT molecular complexity index is 450. The van der Waals surface area contributed by atoms with Gasteiger partial charge in [-0.2, -0.15) is 0 Å². The fourth-order valence-corrected chi connectivity index (χ4v) is 2.81. The van der Waals surface area contributed by atoms with Crippen molar-refractivity contribution >= 4 is 11.8 Å². The monoisotopic (exact) mass is 244 g/mol. The van der Waals surface area contributed by atoms with Gasteiger partial charge >= 0.3 is 0 Å². The fraction of sp³-hybridized carbons (Fsp3) is 0.429. The van der Waals surface area contributed by atoms with Crippen LogP contribution in [0.25, 0.3) is 0 Å². The summed E-state index contributed by atoms with van der Waals surface area (Å²) in [5, 5.41) is 3.11. The van der Waals surface area contributed by atoms with Crippen LogP contribution < -0.4 is 5.32 Å². The molecule has 0 spiro atoms. The Morgan fingerprint density at radius 2 is 1.67 bits per heavy atom. The molecule has 4 nitrogen and oxygen atoms in total. The second-order valence-corrected chi connectivity index (χ2v) is 4.93. The van der Waals surface area contributed by atoms with Crippen molar-refractivity contribution in [3.8, 4) is 0 Å². The largest absolute Gasteiger partial charge is 0.315 e. The molecule has 1 aromatic carbocycles. The first kappa shape index (κ1) is 11.4. The molecule has 2 amide bonds. The third-order valence-corrected chi connectivity index (χ3v) is 3.85. The summed E-state index contributed by atoms with van der Waals surface area (Å²) in [6, 6.07) is 9.95. The number of hydrogen-bond donors (Lipinski definition) is 1. The van der Waals surface area contributed by atoms with Crippen molar-refractivity contribution in [2.75, 3.05) is 19.6 Å². The number of carbonyl (C=O) groups excluding carboxylic acids is 2. The molecule has 0 aliphatic carbocycles. The van der Waals surface area contributed by atoms with Gasteiger partial charge in [0.1, 0.15) is 0 Å². The second kappa shape index (κ2) is 4.53. The molecule has 2 heterocycles. The van der Waals surface area contributed by atoms with Gasteiger partial charge in [-0.15, -0.1) is 0 Å². The molecule has 2 saturated heterocycles. The van der Waals surface area contributed by atoms with Gasteiger partial charge in [0.25, 0.3) is 0 Å². The molecule has 0 unspecified atom stereocenters. The Labute approximate surface area is 106 Å². The molecule has 0 bridgehead atoms. The minimum atomic E-state index is -0.117. The van der Waals surface area contributed by atoms with Crippen LogP contribution in [-0.4, -0.2) is 36.3 Å². The SMILES string of the molecule is O=C1[C@H]2CNC[C@H]2C(=O)N1CCc1ccccc1. The zero-order valence-corrected chi connectivity index (χ0v) is 10.1. The Morgan fingerprint density at radius 1 is 1.06 bits per heavy atom. The van der Waals surface area contributed by atoms with Gasteiger partial charge < -0.3 is 5.32 Å². The number of hydrogen-bond acceptors (Lipinski definition) is 3. The van der Waals surface area contributed by atoms with E-state index in [0.29, 0.717) is 19.6 Å². The van der Waals surface area contributed by atoms with E-state index in [-0.39, 0.29) is 23.7 Å². The van der Waals surface area contributed by atoms with Crippen LogP contribution >= 0.6 is 0 Å². The second-order valence-electron chi connectivity index (χ2n) is 4.93. The van der Waals surface area contributed by atoms with Gasteiger partial charge in [-0.05, 0) is 12.0 Å². The van der Waals surface area contributed by atoms with Crippen LogP contribution in [0.2, 0.25) is 0 Å². The Kier molecular flexibility index (Phi) is 2.88. The van der Waals surface area contributed by atoms with Gasteiger partial charge in [0, 0.05) is 19.6 Å². The molecular formula is C14H16N2O2. The number of benzene rings is 1. The molecule has 2 aliphatic heterocycles. The lowest BCUT2D eigenvalue weighted by molar-refractivity contribution is -0.140. The van der Waals surface area contributed by atoms with Crippen LogP contribution in [0.5, 0.6) is 0 Å². The van der Waals surface area contributed by atoms with Gasteiger partial charge in [0.05, 0.1) is 11.8 Å². The summed E-state index contributed by atoms with van der Waals surface area (Å²) in [6.45, 7) is 1.81. The predicted molar refractivity (Wildman–Crippen MR) is 66.7 cm³/mol. The lowest BCUT2D eigenvalue weighted by Gasteiger charge is -2.15. The number of fused-ring (bicyclic) bond motifs is 1. The van der Waals surface area contributed by atoms with Gasteiger partial charge in [-0.25, -0.2) is 0 Å². The van der Waals surface area contributed by atoms with E-state index in [9.17, 15) is 9.59 Å². The normalized spacial score (nSPS) is 26.8. The highest BCUT2D eigenvalue weighted by molar-refractivity contribution is 6.05. The van der Waals surface area contributed by atoms with Gasteiger partial charge in [0.15, 0.2) is 0 Å². The maximum absolute atomic E-state index is 12.1. The first-order valence-corrected chi connectivity index (χ1v) is 6.37. The van der Waals surface area contributed by atoms with Crippen LogP contribution in [0.1, 0.15) is 5.56 Å². The third-order valence-electron chi connectivity index (χ3n) is 3.85. The molecule has 2 atom stereocenters. The van der Waals surface area contributed by atoms with Crippen molar-refractivity contribution in [2.45, 2.75) is 6.42 Å². The molecule has 0 saturated carbocycles. The number of nitrogens with zero attached hydrogens (tertiary/aromatic N) is 1. The molecule has 2 fully saturated rings. The average Bonchev–Trinajstić information content (AvgIpc) is 2.95. The molecule has 18 heavy (non-hydrogen) atoms. The van der Waals surface area contributed by atoms with Crippen LogP contribution in [0.4, 0.5) is 0 Å². The number of imide groups is 1. The van der Waals surface area contributed by atoms with E-state index in [2.05, 4.69) is 5.32 Å². The molecular weight excluding hydrogens is 228 g/mol. The number of amides is 2. The standard InChI is InChI=1S/C14H16N2O2/c17-13-11-8-15-9-12(11)14(18)16(13)7-6-10-4-2-1-3-5-10/h1-5,11-12,15H,6-9H2/t11-,12+. The molecule has 1 aromatic rings. The Balaban J connectivity index is 1.67. The molecule has 2 aliphatic rings. The lowest BCUT2D eigenvalue weighted by atomic mass is 10.00. The summed E-state index contributed by atoms with van der Waals surface area (Å²) in [6.07, 6.45) is 0.741. The summed E-state index contributed by atoms with van der Waals surface area (Å²) in [5.74, 6) is -0.224. The summed E-state index contributed by atoms with van der Waals surface area (Å²) in [5.41, 5.74) is 1.16. The Morgan fingerprint density at radius 3 is 2.28 bits per heavy atom. The van der Waals surface area contributed by atoms with Crippen molar-refractivity contribution in [3.63, 3.8) is 0 Å². The Hall–Kier alpha value is -1.68. The summed E-state index contributed by atoms with van der Waals surface area (Å²) >= 11 is 0. The molecule has 94 valence electrons. The maximum Gasteiger partial charge on any atom is 0.234 e. The van der Waals surface area contributed by atoms with Crippen molar-refractivity contribution < 1.29 is 9.59 Å². The van der Waals surface area contributed by atoms with E-state index >= 15 is 0 Å². The zero-order chi connectivity index (χ0) is 12.5. The number of nitrogens with one attached hydrogen (secondary N) is 1. The predicted octanol–water partition coefficient (Wildman–Crippen LogP) is 0.433. The molecule has 0 radical (unpaired) electrons. The summed E-state index contributed by atoms with van der Waals surface area (Å²) in [7, 11) is 0. The highest BCUT2D eigenvalue weighted by atomic mass is 16.2. The van der Waals surface area contributed by atoms with Crippen LogP contribution in [-0.2, 0) is 16.0 Å². The highest BCUT2D eigenvalue weighted by Gasteiger charge is 2.49. The molecule has 3 rings (SSSR count). The van der Waals surface area contributed by atoms with E-state index in [0.717, 1.165) is 12.0 Å². The van der Waals surface area contributed by atoms with Crippen molar-refractivity contribution in [2.24, 2.45) is 11.8 Å². The van der Waals surface area contributed by atoms with E-state index < -0.39 is 0 Å². The molecule has 1 N–H and O–H groups in total.